The second-order valence-corrected chi connectivity index (χ2v) is 7.20. The van der Waals surface area contributed by atoms with Crippen LogP contribution in [0, 0.1) is 0 Å². The van der Waals surface area contributed by atoms with Crippen LogP contribution in [0.4, 0.5) is 11.4 Å². The van der Waals surface area contributed by atoms with Crippen molar-refractivity contribution in [2.75, 3.05) is 18.1 Å². The topological polar surface area (TPSA) is 84.2 Å². The molecule has 2 aromatic rings. The lowest BCUT2D eigenvalue weighted by Gasteiger charge is -2.16. The molecule has 1 heterocycles. The predicted molar refractivity (Wildman–Crippen MR) is 83.5 cm³/mol. The van der Waals surface area contributed by atoms with E-state index in [2.05, 4.69) is 10.0 Å². The maximum atomic E-state index is 11.8. The summed E-state index contributed by atoms with van der Waals surface area (Å²) in [5.41, 5.74) is 7.03. The summed E-state index contributed by atoms with van der Waals surface area (Å²) in [4.78, 5) is 1.35. The molecule has 7 heteroatoms. The largest absolute Gasteiger partial charge is 0.397 e. The maximum absolute atomic E-state index is 11.8. The fourth-order valence-electron chi connectivity index (χ4n) is 1.79. The first-order valence-electron chi connectivity index (χ1n) is 6.07. The van der Waals surface area contributed by atoms with E-state index in [1.54, 1.807) is 23.5 Å². The minimum atomic E-state index is -3.47. The average Bonchev–Trinajstić information content (AvgIpc) is 2.95. The number of nitrogens with two attached hydrogens (primary N) is 1. The average molecular weight is 311 g/mol. The van der Waals surface area contributed by atoms with Gasteiger partial charge in [0.15, 0.2) is 0 Å². The molecule has 5 nitrogen and oxygen atoms in total. The standard InChI is InChI=1S/C13H17N3O2S2/c1-9(13-4-3-7-19-13)16-12-8-10(5-6-11(12)14)20(17,18)15-2/h3-9,15-16H,14H2,1-2H3. The quantitative estimate of drug-likeness (QED) is 0.740. The predicted octanol–water partition coefficient (Wildman–Crippen LogP) is 2.41. The van der Waals surface area contributed by atoms with Crippen molar-refractivity contribution < 1.29 is 8.42 Å². The first kappa shape index (κ1) is 14.8. The van der Waals surface area contributed by atoms with E-state index in [0.717, 1.165) is 4.88 Å². The molecule has 1 unspecified atom stereocenters. The van der Waals surface area contributed by atoms with E-state index in [0.29, 0.717) is 11.4 Å². The number of hydrogen-bond donors (Lipinski definition) is 3. The van der Waals surface area contributed by atoms with Gasteiger partial charge in [0.2, 0.25) is 10.0 Å². The molecule has 0 saturated heterocycles. The highest BCUT2D eigenvalue weighted by molar-refractivity contribution is 7.89. The van der Waals surface area contributed by atoms with Crippen LogP contribution in [0.2, 0.25) is 0 Å². The third-order valence-corrected chi connectivity index (χ3v) is 5.41. The van der Waals surface area contributed by atoms with Gasteiger partial charge in [-0.15, -0.1) is 11.3 Å². The Morgan fingerprint density at radius 2 is 2.05 bits per heavy atom. The van der Waals surface area contributed by atoms with Crippen LogP contribution in [-0.4, -0.2) is 15.5 Å². The molecule has 20 heavy (non-hydrogen) atoms. The number of nitrogens with one attached hydrogen (secondary N) is 2. The van der Waals surface area contributed by atoms with Crippen LogP contribution in [0.15, 0.2) is 40.6 Å². The Morgan fingerprint density at radius 3 is 2.65 bits per heavy atom. The maximum Gasteiger partial charge on any atom is 0.240 e. The van der Waals surface area contributed by atoms with Crippen LogP contribution in [-0.2, 0) is 10.0 Å². The zero-order valence-electron chi connectivity index (χ0n) is 11.3. The lowest BCUT2D eigenvalue weighted by atomic mass is 10.2. The Kier molecular flexibility index (Phi) is 4.32. The molecule has 0 radical (unpaired) electrons. The van der Waals surface area contributed by atoms with Crippen LogP contribution in [0.25, 0.3) is 0 Å². The van der Waals surface area contributed by atoms with Gasteiger partial charge in [-0.25, -0.2) is 13.1 Å². The first-order valence-corrected chi connectivity index (χ1v) is 8.43. The SMILES string of the molecule is CNS(=O)(=O)c1ccc(N)c(NC(C)c2cccs2)c1. The third kappa shape index (κ3) is 3.12. The van der Waals surface area contributed by atoms with Crippen molar-refractivity contribution in [3.8, 4) is 0 Å². The van der Waals surface area contributed by atoms with E-state index in [9.17, 15) is 8.42 Å². The summed E-state index contributed by atoms with van der Waals surface area (Å²) in [6.07, 6.45) is 0. The van der Waals surface area contributed by atoms with Crippen molar-refractivity contribution in [2.45, 2.75) is 17.9 Å². The highest BCUT2D eigenvalue weighted by Crippen LogP contribution is 2.28. The number of thiophene rings is 1. The number of anilines is 2. The Hall–Kier alpha value is -1.57. The molecule has 108 valence electrons. The highest BCUT2D eigenvalue weighted by Gasteiger charge is 2.14. The molecule has 0 aliphatic rings. The molecule has 0 saturated carbocycles. The summed E-state index contributed by atoms with van der Waals surface area (Å²) < 4.78 is 25.9. The number of sulfonamides is 1. The van der Waals surface area contributed by atoms with Gasteiger partial charge in [-0.05, 0) is 43.6 Å². The monoisotopic (exact) mass is 311 g/mol. The molecular formula is C13H17N3O2S2. The van der Waals surface area contributed by atoms with Gasteiger partial charge < -0.3 is 11.1 Å². The third-order valence-electron chi connectivity index (χ3n) is 2.95. The number of benzene rings is 1. The molecule has 2 rings (SSSR count). The van der Waals surface area contributed by atoms with Gasteiger partial charge in [-0.2, -0.15) is 0 Å². The minimum Gasteiger partial charge on any atom is -0.397 e. The molecule has 0 fully saturated rings. The molecule has 1 atom stereocenters. The number of hydrogen-bond acceptors (Lipinski definition) is 5. The zero-order valence-corrected chi connectivity index (χ0v) is 12.9. The molecular weight excluding hydrogens is 294 g/mol. The summed E-state index contributed by atoms with van der Waals surface area (Å²) >= 11 is 1.64. The van der Waals surface area contributed by atoms with Crippen LogP contribution in [0.1, 0.15) is 17.8 Å². The van der Waals surface area contributed by atoms with E-state index in [-0.39, 0.29) is 10.9 Å². The van der Waals surface area contributed by atoms with Crippen molar-refractivity contribution >= 4 is 32.7 Å². The van der Waals surface area contributed by atoms with Crippen LogP contribution in [0.5, 0.6) is 0 Å². The van der Waals surface area contributed by atoms with Crippen LogP contribution in [0.3, 0.4) is 0 Å². The fourth-order valence-corrected chi connectivity index (χ4v) is 3.28. The van der Waals surface area contributed by atoms with Crippen molar-refractivity contribution in [3.63, 3.8) is 0 Å². The van der Waals surface area contributed by atoms with Gasteiger partial charge in [0, 0.05) is 4.88 Å². The van der Waals surface area contributed by atoms with Crippen molar-refractivity contribution in [3.05, 3.63) is 40.6 Å². The van der Waals surface area contributed by atoms with E-state index in [4.69, 9.17) is 5.73 Å². The molecule has 1 aromatic carbocycles. The van der Waals surface area contributed by atoms with E-state index in [1.807, 2.05) is 24.4 Å². The highest BCUT2D eigenvalue weighted by atomic mass is 32.2. The molecule has 0 spiro atoms. The van der Waals surface area contributed by atoms with Gasteiger partial charge in [0.05, 0.1) is 22.3 Å². The molecule has 0 bridgehead atoms. The first-order chi connectivity index (χ1) is 9.44. The van der Waals surface area contributed by atoms with Crippen molar-refractivity contribution in [2.24, 2.45) is 0 Å². The second kappa shape index (κ2) is 5.82. The lowest BCUT2D eigenvalue weighted by Crippen LogP contribution is -2.19. The minimum absolute atomic E-state index is 0.0600. The van der Waals surface area contributed by atoms with Gasteiger partial charge >= 0.3 is 0 Å². The Labute approximate surface area is 122 Å². The number of rotatable bonds is 5. The normalized spacial score (nSPS) is 13.1. The zero-order chi connectivity index (χ0) is 14.8. The molecule has 0 aliphatic heterocycles. The molecule has 4 N–H and O–H groups in total. The van der Waals surface area contributed by atoms with Gasteiger partial charge in [0.25, 0.3) is 0 Å². The molecule has 0 aliphatic carbocycles. The van der Waals surface area contributed by atoms with E-state index in [1.165, 1.54) is 13.1 Å². The summed E-state index contributed by atoms with van der Waals surface area (Å²) in [6, 6.07) is 8.68. The summed E-state index contributed by atoms with van der Waals surface area (Å²) in [5, 5.41) is 5.24. The fraction of sp³-hybridized carbons (Fsp3) is 0.231. The van der Waals surface area contributed by atoms with E-state index >= 15 is 0 Å². The van der Waals surface area contributed by atoms with Crippen LogP contribution >= 0.6 is 11.3 Å². The van der Waals surface area contributed by atoms with Gasteiger partial charge in [0.1, 0.15) is 0 Å². The summed E-state index contributed by atoms with van der Waals surface area (Å²) in [7, 11) is -2.09. The lowest BCUT2D eigenvalue weighted by molar-refractivity contribution is 0.588. The number of nitrogen functional groups attached to an aromatic ring is 1. The Morgan fingerprint density at radius 1 is 1.30 bits per heavy atom. The van der Waals surface area contributed by atoms with Gasteiger partial charge in [-0.3, -0.25) is 0 Å². The Bertz CT molecular complexity index is 682. The van der Waals surface area contributed by atoms with Crippen molar-refractivity contribution in [1.29, 1.82) is 0 Å². The van der Waals surface area contributed by atoms with Crippen LogP contribution < -0.4 is 15.8 Å². The smallest absolute Gasteiger partial charge is 0.240 e. The Balaban J connectivity index is 2.30. The molecule has 1 aromatic heterocycles. The summed E-state index contributed by atoms with van der Waals surface area (Å²) in [5.74, 6) is 0. The van der Waals surface area contributed by atoms with Crippen molar-refractivity contribution in [1.82, 2.24) is 4.72 Å². The van der Waals surface area contributed by atoms with Gasteiger partial charge in [-0.1, -0.05) is 6.07 Å². The van der Waals surface area contributed by atoms with E-state index < -0.39 is 10.0 Å². The summed E-state index contributed by atoms with van der Waals surface area (Å²) in [6.45, 7) is 2.00. The molecule has 0 amide bonds. The second-order valence-electron chi connectivity index (χ2n) is 4.34.